The number of hydrogen-bond acceptors (Lipinski definition) is 6. The Labute approximate surface area is 175 Å². The van der Waals surface area contributed by atoms with Crippen molar-refractivity contribution in [3.8, 4) is 0 Å². The van der Waals surface area contributed by atoms with Gasteiger partial charge in [-0.05, 0) is 13.0 Å². The number of hydrogen-bond donors (Lipinski definition) is 3. The number of anilines is 2. The van der Waals surface area contributed by atoms with E-state index in [9.17, 15) is 9.59 Å². The van der Waals surface area contributed by atoms with Gasteiger partial charge >= 0.3 is 6.03 Å². The molecule has 12 heteroatoms. The molecule has 10 nitrogen and oxygen atoms in total. The summed E-state index contributed by atoms with van der Waals surface area (Å²) in [5, 5.41) is 12.3. The Bertz CT molecular complexity index is 1090. The summed E-state index contributed by atoms with van der Waals surface area (Å²) in [5.41, 5.74) is 1.82. The van der Waals surface area contributed by atoms with Crippen molar-refractivity contribution in [3.63, 3.8) is 0 Å². The lowest BCUT2D eigenvalue weighted by atomic mass is 10.2. The van der Waals surface area contributed by atoms with E-state index in [4.69, 9.17) is 27.9 Å². The molecule has 3 aromatic heterocycles. The summed E-state index contributed by atoms with van der Waals surface area (Å²) >= 11 is 12.0. The van der Waals surface area contributed by atoms with Crippen molar-refractivity contribution in [2.45, 2.75) is 13.0 Å². The predicted molar refractivity (Wildman–Crippen MR) is 109 cm³/mol. The predicted octanol–water partition coefficient (Wildman–Crippen LogP) is 3.14. The fraction of sp³-hybridized carbons (Fsp3) is 0.235. The Hall–Kier alpha value is -2.95. The second-order valence-corrected chi connectivity index (χ2v) is 6.68. The van der Waals surface area contributed by atoms with Crippen molar-refractivity contribution in [1.29, 1.82) is 0 Å². The van der Waals surface area contributed by atoms with Crippen molar-refractivity contribution in [2.24, 2.45) is 0 Å². The standard InChI is InChI=1S/C17H17Cl2N7O3/c1-8(29-3)15-11(7-21-13-5-12(19)25-26(13)15)24-17(28)23-9-4-10(18)14(22-6-9)16(27)20-2/h4-8H,1-3H3,(H,20,27)(H2,23,24,28)/t8-/m0/s1. The molecule has 3 rings (SSSR count). The van der Waals surface area contributed by atoms with Crippen molar-refractivity contribution < 1.29 is 14.3 Å². The van der Waals surface area contributed by atoms with E-state index in [0.29, 0.717) is 22.7 Å². The second-order valence-electron chi connectivity index (χ2n) is 5.88. The smallest absolute Gasteiger partial charge is 0.323 e. The Morgan fingerprint density at radius 2 is 1.93 bits per heavy atom. The third kappa shape index (κ3) is 4.39. The maximum absolute atomic E-state index is 12.5. The highest BCUT2D eigenvalue weighted by Crippen LogP contribution is 2.26. The van der Waals surface area contributed by atoms with Crippen molar-refractivity contribution in [1.82, 2.24) is 24.9 Å². The Kier molecular flexibility index (Phi) is 6.16. The first-order valence-electron chi connectivity index (χ1n) is 8.36. The molecule has 0 saturated carbocycles. The summed E-state index contributed by atoms with van der Waals surface area (Å²) in [5.74, 6) is -0.429. The number of urea groups is 1. The number of halogens is 2. The molecule has 29 heavy (non-hydrogen) atoms. The molecular weight excluding hydrogens is 421 g/mol. The van der Waals surface area contributed by atoms with E-state index < -0.39 is 18.0 Å². The first-order chi connectivity index (χ1) is 13.8. The van der Waals surface area contributed by atoms with Crippen LogP contribution in [0.5, 0.6) is 0 Å². The minimum Gasteiger partial charge on any atom is -0.375 e. The van der Waals surface area contributed by atoms with E-state index in [2.05, 4.69) is 31.0 Å². The maximum Gasteiger partial charge on any atom is 0.323 e. The van der Waals surface area contributed by atoms with Gasteiger partial charge in [-0.25, -0.2) is 19.3 Å². The Morgan fingerprint density at radius 3 is 2.59 bits per heavy atom. The van der Waals surface area contributed by atoms with E-state index in [-0.39, 0.29) is 15.9 Å². The van der Waals surface area contributed by atoms with E-state index >= 15 is 0 Å². The van der Waals surface area contributed by atoms with Gasteiger partial charge in [0.2, 0.25) is 0 Å². The van der Waals surface area contributed by atoms with Crippen molar-refractivity contribution in [3.05, 3.63) is 46.1 Å². The summed E-state index contributed by atoms with van der Waals surface area (Å²) in [6.45, 7) is 1.80. The molecule has 3 amide bonds. The molecule has 152 valence electrons. The average molecular weight is 438 g/mol. The fourth-order valence-corrected chi connectivity index (χ4v) is 3.02. The lowest BCUT2D eigenvalue weighted by Crippen LogP contribution is -2.23. The molecule has 0 saturated heterocycles. The summed E-state index contributed by atoms with van der Waals surface area (Å²) in [6.07, 6.45) is 2.40. The molecule has 0 fully saturated rings. The molecule has 0 aliphatic carbocycles. The molecular formula is C17H17Cl2N7O3. The van der Waals surface area contributed by atoms with E-state index in [1.807, 2.05) is 0 Å². The van der Waals surface area contributed by atoms with Gasteiger partial charge in [0.25, 0.3) is 5.91 Å². The average Bonchev–Trinajstić information content (AvgIpc) is 3.06. The summed E-state index contributed by atoms with van der Waals surface area (Å²) in [4.78, 5) is 32.3. The van der Waals surface area contributed by atoms with Gasteiger partial charge in [0.15, 0.2) is 10.8 Å². The molecule has 0 spiro atoms. The van der Waals surface area contributed by atoms with Crippen LogP contribution in [0.3, 0.4) is 0 Å². The number of rotatable bonds is 5. The van der Waals surface area contributed by atoms with E-state index in [0.717, 1.165) is 0 Å². The van der Waals surface area contributed by atoms with Crippen molar-refractivity contribution >= 4 is 52.2 Å². The monoisotopic (exact) mass is 437 g/mol. The highest BCUT2D eigenvalue weighted by molar-refractivity contribution is 6.33. The number of methoxy groups -OCH3 is 1. The van der Waals surface area contributed by atoms with Crippen LogP contribution >= 0.6 is 23.2 Å². The summed E-state index contributed by atoms with van der Waals surface area (Å²) < 4.78 is 6.89. The van der Waals surface area contributed by atoms with E-state index in [1.165, 1.54) is 37.1 Å². The zero-order chi connectivity index (χ0) is 21.1. The summed E-state index contributed by atoms with van der Waals surface area (Å²) in [7, 11) is 3.00. The number of pyridine rings is 1. The summed E-state index contributed by atoms with van der Waals surface area (Å²) in [6, 6.07) is 2.45. The number of aromatic nitrogens is 4. The van der Waals surface area contributed by atoms with Crippen LogP contribution in [-0.2, 0) is 4.74 Å². The second kappa shape index (κ2) is 8.60. The number of carbonyl (C=O) groups is 2. The molecule has 0 aliphatic rings. The molecule has 3 N–H and O–H groups in total. The lowest BCUT2D eigenvalue weighted by Gasteiger charge is -2.17. The zero-order valence-corrected chi connectivity index (χ0v) is 17.2. The minimum absolute atomic E-state index is 0.0570. The molecule has 0 bridgehead atoms. The molecule has 0 aromatic carbocycles. The Balaban J connectivity index is 1.85. The number of amides is 3. The molecule has 3 aromatic rings. The SMILES string of the molecule is CNC(=O)c1ncc(NC(=O)Nc2cnc3cc(Cl)nn3c2[C@H](C)OC)cc1Cl. The number of ether oxygens (including phenoxy) is 1. The minimum atomic E-state index is -0.570. The van der Waals surface area contributed by atoms with Crippen LogP contribution in [0.2, 0.25) is 10.2 Å². The van der Waals surface area contributed by atoms with Gasteiger partial charge in [0, 0.05) is 20.2 Å². The van der Waals surface area contributed by atoms with Gasteiger partial charge in [-0.2, -0.15) is 5.10 Å². The lowest BCUT2D eigenvalue weighted by molar-refractivity contribution is 0.0958. The first kappa shape index (κ1) is 20.8. The van der Waals surface area contributed by atoms with Gasteiger partial charge in [-0.1, -0.05) is 23.2 Å². The highest BCUT2D eigenvalue weighted by atomic mass is 35.5. The van der Waals surface area contributed by atoms with Crippen LogP contribution in [0.1, 0.15) is 29.2 Å². The van der Waals surface area contributed by atoms with Crippen LogP contribution in [0, 0.1) is 0 Å². The van der Waals surface area contributed by atoms with Gasteiger partial charge in [0.1, 0.15) is 5.69 Å². The van der Waals surface area contributed by atoms with Crippen LogP contribution in [-0.4, -0.2) is 45.7 Å². The van der Waals surface area contributed by atoms with Gasteiger partial charge in [-0.15, -0.1) is 0 Å². The molecule has 1 atom stereocenters. The topological polar surface area (TPSA) is 123 Å². The van der Waals surface area contributed by atoms with Crippen molar-refractivity contribution in [2.75, 3.05) is 24.8 Å². The number of nitrogens with zero attached hydrogens (tertiary/aromatic N) is 4. The van der Waals surface area contributed by atoms with Gasteiger partial charge < -0.3 is 20.7 Å². The highest BCUT2D eigenvalue weighted by Gasteiger charge is 2.19. The Morgan fingerprint density at radius 1 is 1.17 bits per heavy atom. The van der Waals surface area contributed by atoms with E-state index in [1.54, 1.807) is 13.0 Å². The molecule has 0 radical (unpaired) electrons. The molecule has 0 unspecified atom stereocenters. The number of carbonyl (C=O) groups excluding carboxylic acids is 2. The molecule has 3 heterocycles. The zero-order valence-electron chi connectivity index (χ0n) is 15.7. The maximum atomic E-state index is 12.5. The first-order valence-corrected chi connectivity index (χ1v) is 9.12. The largest absolute Gasteiger partial charge is 0.375 e. The van der Waals surface area contributed by atoms with Crippen LogP contribution in [0.25, 0.3) is 5.65 Å². The quantitative estimate of drug-likeness (QED) is 0.563. The van der Waals surface area contributed by atoms with Gasteiger partial charge in [0.05, 0.1) is 40.6 Å². The number of fused-ring (bicyclic) bond motifs is 1. The third-order valence-electron chi connectivity index (χ3n) is 4.02. The van der Waals surface area contributed by atoms with Crippen LogP contribution < -0.4 is 16.0 Å². The fourth-order valence-electron chi connectivity index (χ4n) is 2.60. The molecule has 0 aliphatic heterocycles. The third-order valence-corrected chi connectivity index (χ3v) is 4.49. The normalized spacial score (nSPS) is 11.9. The van der Waals surface area contributed by atoms with Crippen LogP contribution in [0.15, 0.2) is 24.5 Å². The van der Waals surface area contributed by atoms with Crippen LogP contribution in [0.4, 0.5) is 16.2 Å². The number of nitrogens with one attached hydrogen (secondary N) is 3. The van der Waals surface area contributed by atoms with Gasteiger partial charge in [-0.3, -0.25) is 4.79 Å².